The van der Waals surface area contributed by atoms with Gasteiger partial charge < -0.3 is 19.7 Å². The fourth-order valence-corrected chi connectivity index (χ4v) is 4.37. The highest BCUT2D eigenvalue weighted by molar-refractivity contribution is 7.99. The van der Waals surface area contributed by atoms with Crippen LogP contribution in [0.1, 0.15) is 15.9 Å². The molecule has 5 rings (SSSR count). The Balaban J connectivity index is 1.34. The van der Waals surface area contributed by atoms with Gasteiger partial charge in [-0.1, -0.05) is 17.8 Å². The molecule has 7 nitrogen and oxygen atoms in total. The predicted molar refractivity (Wildman–Crippen MR) is 118 cm³/mol. The number of benzene rings is 2. The Hall–Kier alpha value is -3.78. The molecule has 1 aromatic heterocycles. The first kappa shape index (κ1) is 19.2. The first-order chi connectivity index (χ1) is 15.1. The average molecular weight is 431 g/mol. The molecule has 2 amide bonds. The van der Waals surface area contributed by atoms with Crippen molar-refractivity contribution in [3.05, 3.63) is 71.9 Å². The van der Waals surface area contributed by atoms with Crippen molar-refractivity contribution in [2.75, 3.05) is 24.1 Å². The number of aromatic nitrogens is 1. The van der Waals surface area contributed by atoms with Crippen LogP contribution in [0, 0.1) is 0 Å². The number of anilines is 2. The lowest BCUT2D eigenvalue weighted by Gasteiger charge is -2.16. The summed E-state index contributed by atoms with van der Waals surface area (Å²) in [6.07, 6.45) is 4.83. The Bertz CT molecular complexity index is 1240. The van der Waals surface area contributed by atoms with Gasteiger partial charge >= 0.3 is 0 Å². The lowest BCUT2D eigenvalue weighted by atomic mass is 10.1. The minimum atomic E-state index is -0.301. The first-order valence-electron chi connectivity index (χ1n) is 9.52. The maximum atomic E-state index is 13.0. The van der Waals surface area contributed by atoms with E-state index in [1.165, 1.54) is 17.8 Å². The van der Waals surface area contributed by atoms with Crippen molar-refractivity contribution in [3.8, 4) is 11.5 Å². The highest BCUT2D eigenvalue weighted by Gasteiger charge is 2.25. The Morgan fingerprint density at radius 2 is 2.03 bits per heavy atom. The topological polar surface area (TPSA) is 80.8 Å². The Morgan fingerprint density at radius 3 is 2.94 bits per heavy atom. The minimum absolute atomic E-state index is 0.152. The number of nitrogens with zero attached hydrogens (tertiary/aromatic N) is 2. The van der Waals surface area contributed by atoms with Gasteiger partial charge in [0.25, 0.3) is 5.91 Å². The molecule has 0 fully saturated rings. The van der Waals surface area contributed by atoms with Crippen LogP contribution in [0.25, 0.3) is 6.08 Å². The van der Waals surface area contributed by atoms with Crippen LogP contribution in [0.3, 0.4) is 0 Å². The van der Waals surface area contributed by atoms with Gasteiger partial charge in [0.15, 0.2) is 11.5 Å². The lowest BCUT2D eigenvalue weighted by Crippen LogP contribution is -2.26. The zero-order valence-corrected chi connectivity index (χ0v) is 17.3. The number of amides is 2. The lowest BCUT2D eigenvalue weighted by molar-refractivity contribution is -0.111. The summed E-state index contributed by atoms with van der Waals surface area (Å²) in [5.41, 5.74) is 2.63. The van der Waals surface area contributed by atoms with Crippen LogP contribution in [0.15, 0.2) is 70.7 Å². The molecular formula is C23H17N3O4S. The number of nitrogens with one attached hydrogen (secondary N) is 1. The minimum Gasteiger partial charge on any atom is -0.454 e. The molecule has 3 aromatic rings. The average Bonchev–Trinajstić information content (AvgIpc) is 3.22. The molecule has 2 aliphatic heterocycles. The van der Waals surface area contributed by atoms with E-state index in [9.17, 15) is 9.59 Å². The molecule has 0 bridgehead atoms. The van der Waals surface area contributed by atoms with Crippen molar-refractivity contribution >= 4 is 41.0 Å². The summed E-state index contributed by atoms with van der Waals surface area (Å²) in [6, 6.07) is 14.4. The third-order valence-corrected chi connectivity index (χ3v) is 6.01. The molecule has 31 heavy (non-hydrogen) atoms. The maximum absolute atomic E-state index is 13.0. The molecule has 2 aromatic carbocycles. The summed E-state index contributed by atoms with van der Waals surface area (Å²) in [4.78, 5) is 32.1. The molecular weight excluding hydrogens is 414 g/mol. The van der Waals surface area contributed by atoms with Crippen molar-refractivity contribution in [3.63, 3.8) is 0 Å². The molecule has 0 radical (unpaired) electrons. The van der Waals surface area contributed by atoms with Gasteiger partial charge in [-0.05, 0) is 54.1 Å². The summed E-state index contributed by atoms with van der Waals surface area (Å²) < 4.78 is 10.6. The van der Waals surface area contributed by atoms with Crippen LogP contribution in [-0.2, 0) is 4.79 Å². The molecule has 0 saturated heterocycles. The summed E-state index contributed by atoms with van der Waals surface area (Å²) >= 11 is 1.43. The number of rotatable bonds is 3. The summed E-state index contributed by atoms with van der Waals surface area (Å²) in [5.74, 6) is 0.895. The number of fused-ring (bicyclic) bond motifs is 3. The van der Waals surface area contributed by atoms with Gasteiger partial charge in [-0.25, -0.2) is 4.98 Å². The molecule has 0 saturated carbocycles. The summed E-state index contributed by atoms with van der Waals surface area (Å²) in [6.45, 7) is 0.203. The fourth-order valence-electron chi connectivity index (χ4n) is 3.35. The second-order valence-corrected chi connectivity index (χ2v) is 7.97. The molecule has 0 unspecified atom stereocenters. The van der Waals surface area contributed by atoms with Gasteiger partial charge in [0.05, 0.1) is 11.3 Å². The predicted octanol–water partition coefficient (Wildman–Crippen LogP) is 4.20. The van der Waals surface area contributed by atoms with E-state index in [4.69, 9.17) is 9.47 Å². The van der Waals surface area contributed by atoms with Gasteiger partial charge in [-0.3, -0.25) is 9.59 Å². The van der Waals surface area contributed by atoms with Crippen LogP contribution >= 0.6 is 11.8 Å². The van der Waals surface area contributed by atoms with E-state index in [1.54, 1.807) is 48.5 Å². The quantitative estimate of drug-likeness (QED) is 0.626. The van der Waals surface area contributed by atoms with Crippen molar-refractivity contribution < 1.29 is 19.1 Å². The van der Waals surface area contributed by atoms with Crippen LogP contribution in [0.4, 0.5) is 11.4 Å². The zero-order chi connectivity index (χ0) is 21.4. The van der Waals surface area contributed by atoms with Crippen LogP contribution < -0.4 is 19.7 Å². The molecule has 8 heteroatoms. The SMILES string of the molecule is CN1C(=O)c2cc(NC(=O)/C=C/c3ccc4c(c3)OCO4)ccc2Sc2ncccc21. The summed E-state index contributed by atoms with van der Waals surface area (Å²) in [7, 11) is 1.72. The molecule has 0 atom stereocenters. The highest BCUT2D eigenvalue weighted by atomic mass is 32.2. The van der Waals surface area contributed by atoms with Gasteiger partial charge in [0.1, 0.15) is 5.03 Å². The number of carbonyl (C=O) groups excluding carboxylic acids is 2. The van der Waals surface area contributed by atoms with E-state index < -0.39 is 0 Å². The third kappa shape index (κ3) is 3.73. The van der Waals surface area contributed by atoms with Crippen molar-refractivity contribution in [2.24, 2.45) is 0 Å². The van der Waals surface area contributed by atoms with E-state index in [1.807, 2.05) is 24.3 Å². The van der Waals surface area contributed by atoms with Gasteiger partial charge in [-0.15, -0.1) is 0 Å². The highest BCUT2D eigenvalue weighted by Crippen LogP contribution is 2.40. The molecule has 0 aliphatic carbocycles. The fraction of sp³-hybridized carbons (Fsp3) is 0.0870. The van der Waals surface area contributed by atoms with Crippen molar-refractivity contribution in [1.82, 2.24) is 4.98 Å². The molecule has 3 heterocycles. The second kappa shape index (κ2) is 7.81. The largest absolute Gasteiger partial charge is 0.454 e. The number of carbonyl (C=O) groups is 2. The van der Waals surface area contributed by atoms with Gasteiger partial charge in [0, 0.05) is 29.9 Å². The standard InChI is InChI=1S/C23H17N3O4S/c1-26-17-3-2-10-24-22(17)31-20-8-6-15(12-16(20)23(26)28)25-21(27)9-5-14-4-7-18-19(11-14)30-13-29-18/h2-12H,13H2,1H3,(H,25,27)/b9-5+. The number of hydrogen-bond acceptors (Lipinski definition) is 6. The smallest absolute Gasteiger partial charge is 0.259 e. The molecule has 154 valence electrons. The normalized spacial score (nSPS) is 14.2. The molecule has 0 spiro atoms. The second-order valence-electron chi connectivity index (χ2n) is 6.94. The van der Waals surface area contributed by atoms with Crippen molar-refractivity contribution in [2.45, 2.75) is 9.92 Å². The zero-order valence-electron chi connectivity index (χ0n) is 16.5. The van der Waals surface area contributed by atoms with E-state index >= 15 is 0 Å². The Labute approximate surface area is 182 Å². The summed E-state index contributed by atoms with van der Waals surface area (Å²) in [5, 5.41) is 3.58. The number of hydrogen-bond donors (Lipinski definition) is 1. The van der Waals surface area contributed by atoms with E-state index in [0.717, 1.165) is 21.2 Å². The van der Waals surface area contributed by atoms with Gasteiger partial charge in [-0.2, -0.15) is 0 Å². The first-order valence-corrected chi connectivity index (χ1v) is 10.3. The molecule has 1 N–H and O–H groups in total. The van der Waals surface area contributed by atoms with Crippen molar-refractivity contribution in [1.29, 1.82) is 0 Å². The third-order valence-electron chi connectivity index (χ3n) is 4.92. The van der Waals surface area contributed by atoms with E-state index in [2.05, 4.69) is 10.3 Å². The number of ether oxygens (including phenoxy) is 2. The Morgan fingerprint density at radius 1 is 1.16 bits per heavy atom. The number of pyridine rings is 1. The Kier molecular flexibility index (Phi) is 4.83. The van der Waals surface area contributed by atoms with E-state index in [-0.39, 0.29) is 18.6 Å². The van der Waals surface area contributed by atoms with Crippen LogP contribution in [0.5, 0.6) is 11.5 Å². The van der Waals surface area contributed by atoms with Crippen LogP contribution in [0.2, 0.25) is 0 Å². The van der Waals surface area contributed by atoms with E-state index in [0.29, 0.717) is 22.7 Å². The monoisotopic (exact) mass is 431 g/mol. The van der Waals surface area contributed by atoms with Crippen LogP contribution in [-0.4, -0.2) is 30.6 Å². The molecule has 2 aliphatic rings. The maximum Gasteiger partial charge on any atom is 0.259 e. The van der Waals surface area contributed by atoms with Gasteiger partial charge in [0.2, 0.25) is 12.7 Å².